The molecule has 0 N–H and O–H groups in total. The Morgan fingerprint density at radius 3 is 0.780 bits per heavy atom. The molecule has 0 atom stereocenters. The van der Waals surface area contributed by atoms with Crippen LogP contribution in [0.4, 0.5) is 0 Å². The van der Waals surface area contributed by atoms with Gasteiger partial charge in [-0.15, -0.1) is 23.2 Å². The number of benzene rings is 4. The molecule has 0 unspecified atom stereocenters. The topological polar surface area (TPSA) is 0 Å². The van der Waals surface area contributed by atoms with Crippen molar-refractivity contribution in [3.8, 4) is 0 Å². The van der Waals surface area contributed by atoms with Crippen molar-refractivity contribution < 1.29 is 37.5 Å². The monoisotopic (exact) mass is 744 g/mol. The summed E-state index contributed by atoms with van der Waals surface area (Å²) in [5.41, 5.74) is 2.84. The van der Waals surface area contributed by atoms with Gasteiger partial charge in [0.25, 0.3) is 0 Å². The SMILES string of the molecule is ClCCl.[CH]1[CH][CH][C](P(c2ccccc2)c2ccccc2)[CH]1.[CH]1[CH][CH][C](P(c2ccccc2)c2ccccc2)[CH]1.[Fe].[Pd]. The zero-order chi connectivity index (χ0) is 27.1. The van der Waals surface area contributed by atoms with Crippen LogP contribution in [0.2, 0.25) is 0 Å². The molecule has 0 aliphatic heterocycles. The maximum absolute atomic E-state index is 4.76. The quantitative estimate of drug-likeness (QED) is 0.106. The number of rotatable bonds is 6. The van der Waals surface area contributed by atoms with Gasteiger partial charge >= 0.3 is 0 Å². The van der Waals surface area contributed by atoms with E-state index >= 15 is 0 Å². The number of alkyl halides is 2. The number of hydrogen-bond donors (Lipinski definition) is 0. The van der Waals surface area contributed by atoms with Gasteiger partial charge in [-0.3, -0.25) is 0 Å². The number of halogens is 2. The Hall–Kier alpha value is -0.498. The molecule has 6 heteroatoms. The smallest absolute Gasteiger partial charge is 0.0967 e. The minimum absolute atomic E-state index is 0. The molecule has 0 saturated heterocycles. The van der Waals surface area contributed by atoms with Gasteiger partial charge in [0.1, 0.15) is 0 Å². The zero-order valence-electron chi connectivity index (χ0n) is 22.2. The summed E-state index contributed by atoms with van der Waals surface area (Å²) in [6.45, 7) is 0. The third-order valence-corrected chi connectivity index (χ3v) is 10.8. The summed E-state index contributed by atoms with van der Waals surface area (Å²) in [7, 11) is -0.818. The van der Waals surface area contributed by atoms with Crippen LogP contribution in [-0.4, -0.2) is 5.34 Å². The molecule has 212 valence electrons. The minimum Gasteiger partial charge on any atom is -0.109 e. The first-order chi connectivity index (χ1) is 19.3. The maximum atomic E-state index is 4.76. The standard InChI is InChI=1S/2C17H14P.CH2Cl2.Fe.Pd/c2*1-3-9-15(10-4-1)18(17-13-7-8-14-17)16-11-5-2-6-12-16;2-1-3;;/h2*1-14H;1H2;;. The van der Waals surface area contributed by atoms with Crippen molar-refractivity contribution in [3.63, 3.8) is 0 Å². The van der Waals surface area contributed by atoms with E-state index in [1.54, 1.807) is 0 Å². The second-order valence-electron chi connectivity index (χ2n) is 8.40. The Bertz CT molecular complexity index is 1000. The van der Waals surface area contributed by atoms with E-state index in [2.05, 4.69) is 173 Å². The molecule has 0 bridgehead atoms. The van der Waals surface area contributed by atoms with E-state index < -0.39 is 15.8 Å². The van der Waals surface area contributed by atoms with Gasteiger partial charge in [-0.1, -0.05) is 121 Å². The van der Waals surface area contributed by atoms with Crippen LogP contribution < -0.4 is 21.2 Å². The zero-order valence-corrected chi connectivity index (χ0v) is 28.2. The maximum Gasteiger partial charge on any atom is 0.0967 e. The van der Waals surface area contributed by atoms with Gasteiger partial charge in [0.2, 0.25) is 0 Å². The van der Waals surface area contributed by atoms with Gasteiger partial charge in [0.05, 0.1) is 5.34 Å². The molecule has 2 aliphatic carbocycles. The molecular weight excluding hydrogens is 716 g/mol. The van der Waals surface area contributed by atoms with E-state index in [1.807, 2.05) is 0 Å². The Kier molecular flexibility index (Phi) is 19.0. The first kappa shape index (κ1) is 36.7. The normalized spacial score (nSPS) is 14.7. The van der Waals surface area contributed by atoms with Crippen molar-refractivity contribution in [2.75, 3.05) is 5.34 Å². The molecule has 2 fully saturated rings. The van der Waals surface area contributed by atoms with Crippen molar-refractivity contribution in [2.24, 2.45) is 0 Å². The molecule has 0 amide bonds. The van der Waals surface area contributed by atoms with Crippen LogP contribution in [0.5, 0.6) is 0 Å². The summed E-state index contributed by atoms with van der Waals surface area (Å²) in [6, 6.07) is 43.1. The van der Waals surface area contributed by atoms with Crippen LogP contribution in [0.25, 0.3) is 0 Å². The summed E-state index contributed by atoms with van der Waals surface area (Å²) in [4.78, 5) is 0. The first-order valence-corrected chi connectivity index (χ1v) is 16.4. The van der Waals surface area contributed by atoms with E-state index in [0.717, 1.165) is 0 Å². The molecule has 6 rings (SSSR count). The van der Waals surface area contributed by atoms with E-state index in [1.165, 1.54) is 32.5 Å². The van der Waals surface area contributed by atoms with Gasteiger partial charge in [0.15, 0.2) is 0 Å². The van der Waals surface area contributed by atoms with Crippen LogP contribution in [0.1, 0.15) is 0 Å². The molecule has 2 aliphatic rings. The minimum atomic E-state index is -0.409. The predicted octanol–water partition coefficient (Wildman–Crippen LogP) is 8.38. The Labute approximate surface area is 285 Å². The first-order valence-electron chi connectivity index (χ1n) is 12.7. The predicted molar refractivity (Wildman–Crippen MR) is 176 cm³/mol. The van der Waals surface area contributed by atoms with Gasteiger partial charge < -0.3 is 0 Å². The fourth-order valence-corrected chi connectivity index (χ4v) is 8.84. The average Bonchev–Trinajstić information content (AvgIpc) is 3.72. The molecule has 4 aromatic rings. The largest absolute Gasteiger partial charge is 0.109 e. The molecule has 0 heterocycles. The average molecular weight is 746 g/mol. The van der Waals surface area contributed by atoms with Gasteiger partial charge in [-0.2, -0.15) is 0 Å². The Morgan fingerprint density at radius 1 is 0.390 bits per heavy atom. The second kappa shape index (κ2) is 21.2. The summed E-state index contributed by atoms with van der Waals surface area (Å²) in [6.07, 6.45) is 17.4. The molecule has 0 nitrogen and oxygen atoms in total. The van der Waals surface area contributed by atoms with Crippen molar-refractivity contribution in [3.05, 3.63) is 184 Å². The third-order valence-electron chi connectivity index (χ3n) is 5.86. The summed E-state index contributed by atoms with van der Waals surface area (Å²) >= 11 is 9.53. The Balaban J connectivity index is 0.000000251. The van der Waals surface area contributed by atoms with Crippen LogP contribution in [0, 0.1) is 62.7 Å². The van der Waals surface area contributed by atoms with Crippen LogP contribution >= 0.6 is 39.0 Å². The van der Waals surface area contributed by atoms with Crippen molar-refractivity contribution in [1.29, 1.82) is 0 Å². The van der Waals surface area contributed by atoms with Crippen molar-refractivity contribution >= 4 is 60.3 Å². The Morgan fingerprint density at radius 2 is 0.585 bits per heavy atom. The molecule has 41 heavy (non-hydrogen) atoms. The van der Waals surface area contributed by atoms with Gasteiger partial charge in [0, 0.05) is 48.8 Å². The molecule has 4 aromatic carbocycles. The van der Waals surface area contributed by atoms with Gasteiger partial charge in [-0.05, 0) is 88.4 Å². The van der Waals surface area contributed by atoms with Crippen LogP contribution in [-0.2, 0) is 37.5 Å². The molecule has 0 spiro atoms. The third kappa shape index (κ3) is 11.5. The molecule has 2 saturated carbocycles. The van der Waals surface area contributed by atoms with Crippen LogP contribution in [0.3, 0.4) is 0 Å². The van der Waals surface area contributed by atoms with Gasteiger partial charge in [-0.25, -0.2) is 0 Å². The van der Waals surface area contributed by atoms with E-state index in [0.29, 0.717) is 0 Å². The van der Waals surface area contributed by atoms with Crippen LogP contribution in [0.15, 0.2) is 121 Å². The van der Waals surface area contributed by atoms with Crippen molar-refractivity contribution in [1.82, 2.24) is 0 Å². The fraction of sp³-hybridized carbons (Fsp3) is 0.0286. The summed E-state index contributed by atoms with van der Waals surface area (Å²) < 4.78 is 0. The molecule has 0 aromatic heterocycles. The molecular formula is C35H30Cl2FeP2Pd. The van der Waals surface area contributed by atoms with E-state index in [-0.39, 0.29) is 42.8 Å². The summed E-state index contributed by atoms with van der Waals surface area (Å²) in [5.74, 6) is 0. The van der Waals surface area contributed by atoms with E-state index in [9.17, 15) is 0 Å². The fourth-order valence-electron chi connectivity index (χ4n) is 4.23. The summed E-state index contributed by atoms with van der Waals surface area (Å²) in [5, 5.41) is 5.82. The number of hydrogen-bond acceptors (Lipinski definition) is 0. The van der Waals surface area contributed by atoms with Crippen molar-refractivity contribution in [2.45, 2.75) is 0 Å². The second-order valence-corrected chi connectivity index (χ2v) is 13.6. The van der Waals surface area contributed by atoms with E-state index in [4.69, 9.17) is 23.2 Å². The molecule has 10 radical (unpaired) electrons.